The van der Waals surface area contributed by atoms with Crippen molar-refractivity contribution in [2.45, 2.75) is 26.2 Å². The van der Waals surface area contributed by atoms with Gasteiger partial charge in [-0.3, -0.25) is 24.0 Å². The Morgan fingerprint density at radius 2 is 1.76 bits per heavy atom. The Hall–Kier alpha value is -2.94. The fraction of sp³-hybridized carbons (Fsp3) is 0.500. The summed E-state index contributed by atoms with van der Waals surface area (Å²) in [6.45, 7) is 5.40. The highest BCUT2D eigenvalue weighted by molar-refractivity contribution is 5.34. The topological polar surface area (TPSA) is 102 Å². The molecule has 2 aromatic rings. The maximum atomic E-state index is 12.0. The second-order valence-corrected chi connectivity index (χ2v) is 7.06. The Morgan fingerprint density at radius 1 is 1.07 bits per heavy atom. The number of aromatic nitrogens is 2. The van der Waals surface area contributed by atoms with Crippen molar-refractivity contribution in [3.05, 3.63) is 66.8 Å². The second-order valence-electron chi connectivity index (χ2n) is 7.06. The van der Waals surface area contributed by atoms with Gasteiger partial charge in [0.2, 0.25) is 0 Å². The van der Waals surface area contributed by atoms with Crippen LogP contribution in [-0.2, 0) is 20.5 Å². The first-order chi connectivity index (χ1) is 13.8. The normalized spacial score (nSPS) is 11.0. The van der Waals surface area contributed by atoms with E-state index in [1.165, 1.54) is 29.8 Å². The molecule has 0 atom stereocenters. The molecule has 1 aromatic carbocycles. The quantitative estimate of drug-likeness (QED) is 0.453. The number of nitrogens with zero attached hydrogens (tertiary/aromatic N) is 4. The summed E-state index contributed by atoms with van der Waals surface area (Å²) in [6.07, 6.45) is 2.83. The third kappa shape index (κ3) is 6.28. The molecule has 9 nitrogen and oxygen atoms in total. The van der Waals surface area contributed by atoms with Gasteiger partial charge < -0.3 is 10.2 Å². The molecule has 9 heteroatoms. The van der Waals surface area contributed by atoms with Gasteiger partial charge in [-0.1, -0.05) is 19.1 Å². The maximum absolute atomic E-state index is 12.0. The van der Waals surface area contributed by atoms with Crippen LogP contribution in [0.4, 0.5) is 11.5 Å². The van der Waals surface area contributed by atoms with Crippen molar-refractivity contribution in [3.63, 3.8) is 0 Å². The lowest BCUT2D eigenvalue weighted by Gasteiger charge is -2.22. The minimum atomic E-state index is -0.391. The summed E-state index contributed by atoms with van der Waals surface area (Å²) < 4.78 is 2.51. The Kier molecular flexibility index (Phi) is 8.14. The Balaban J connectivity index is 1.85. The molecule has 158 valence electrons. The van der Waals surface area contributed by atoms with Gasteiger partial charge in [-0.05, 0) is 37.9 Å². The van der Waals surface area contributed by atoms with Crippen LogP contribution in [0, 0.1) is 10.1 Å². The summed E-state index contributed by atoms with van der Waals surface area (Å²) >= 11 is 0. The van der Waals surface area contributed by atoms with E-state index in [4.69, 9.17) is 0 Å². The molecule has 1 heterocycles. The molecule has 0 unspecified atom stereocenters. The average molecular weight is 403 g/mol. The lowest BCUT2D eigenvalue weighted by atomic mass is 10.1. The first-order valence-corrected chi connectivity index (χ1v) is 9.80. The molecule has 29 heavy (non-hydrogen) atoms. The summed E-state index contributed by atoms with van der Waals surface area (Å²) in [4.78, 5) is 36.5. The van der Waals surface area contributed by atoms with E-state index >= 15 is 0 Å². The zero-order valence-corrected chi connectivity index (χ0v) is 17.3. The first-order valence-electron chi connectivity index (χ1n) is 9.80. The Bertz CT molecular complexity index is 933. The SMILES string of the molecule is CCCN(CCCc1ccc([N+](=O)[O-])cc1)CCNc1cc(=O)n(C)c(=O)n1C. The lowest BCUT2D eigenvalue weighted by Crippen LogP contribution is -2.38. The van der Waals surface area contributed by atoms with Crippen molar-refractivity contribution in [1.29, 1.82) is 0 Å². The van der Waals surface area contributed by atoms with E-state index in [0.29, 0.717) is 12.4 Å². The van der Waals surface area contributed by atoms with E-state index in [-0.39, 0.29) is 16.9 Å². The molecule has 1 aromatic heterocycles. The molecule has 0 amide bonds. The number of anilines is 1. The molecule has 0 aliphatic rings. The summed E-state index contributed by atoms with van der Waals surface area (Å²) in [6, 6.07) is 8.12. The molecule has 0 saturated heterocycles. The highest BCUT2D eigenvalue weighted by Gasteiger charge is 2.08. The monoisotopic (exact) mass is 403 g/mol. The number of benzene rings is 1. The zero-order chi connectivity index (χ0) is 21.4. The molecule has 1 N–H and O–H groups in total. The van der Waals surface area contributed by atoms with Crippen LogP contribution < -0.4 is 16.6 Å². The van der Waals surface area contributed by atoms with Gasteiger partial charge in [0, 0.05) is 45.4 Å². The number of non-ortho nitro benzene ring substituents is 1. The van der Waals surface area contributed by atoms with Gasteiger partial charge in [0.05, 0.1) is 4.92 Å². The van der Waals surface area contributed by atoms with Crippen molar-refractivity contribution in [1.82, 2.24) is 14.0 Å². The van der Waals surface area contributed by atoms with E-state index < -0.39 is 4.92 Å². The van der Waals surface area contributed by atoms with E-state index in [9.17, 15) is 19.7 Å². The van der Waals surface area contributed by atoms with E-state index in [0.717, 1.165) is 49.0 Å². The Labute approximate surface area is 169 Å². The summed E-state index contributed by atoms with van der Waals surface area (Å²) in [5.74, 6) is 0.514. The van der Waals surface area contributed by atoms with Gasteiger partial charge >= 0.3 is 5.69 Å². The standard InChI is InChI=1S/C20H29N5O4/c1-4-12-24(13-5-6-16-7-9-17(10-8-16)25(28)29)14-11-21-18-15-19(26)23(3)20(27)22(18)2/h7-10,15,21H,4-6,11-14H2,1-3H3. The number of nitrogens with one attached hydrogen (secondary N) is 1. The number of hydrogen-bond acceptors (Lipinski definition) is 6. The fourth-order valence-electron chi connectivity index (χ4n) is 3.19. The molecule has 0 aliphatic carbocycles. The van der Waals surface area contributed by atoms with Crippen LogP contribution in [0.2, 0.25) is 0 Å². The van der Waals surface area contributed by atoms with Crippen LogP contribution in [0.5, 0.6) is 0 Å². The van der Waals surface area contributed by atoms with Crippen LogP contribution in [0.25, 0.3) is 0 Å². The van der Waals surface area contributed by atoms with Crippen molar-refractivity contribution >= 4 is 11.5 Å². The minimum absolute atomic E-state index is 0.109. The molecule has 0 spiro atoms. The predicted molar refractivity (Wildman–Crippen MR) is 114 cm³/mol. The highest BCUT2D eigenvalue weighted by Crippen LogP contribution is 2.13. The van der Waals surface area contributed by atoms with Gasteiger partial charge in [0.1, 0.15) is 5.82 Å². The summed E-state index contributed by atoms with van der Waals surface area (Å²) in [5.41, 5.74) is 0.510. The third-order valence-electron chi connectivity index (χ3n) is 4.89. The molecule has 0 bridgehead atoms. The van der Waals surface area contributed by atoms with Gasteiger partial charge in [-0.15, -0.1) is 0 Å². The largest absolute Gasteiger partial charge is 0.370 e. The number of hydrogen-bond donors (Lipinski definition) is 1. The van der Waals surface area contributed by atoms with Gasteiger partial charge in [-0.25, -0.2) is 4.79 Å². The second kappa shape index (κ2) is 10.6. The molecular weight excluding hydrogens is 374 g/mol. The Morgan fingerprint density at radius 3 is 2.38 bits per heavy atom. The predicted octanol–water partition coefficient (Wildman–Crippen LogP) is 1.75. The van der Waals surface area contributed by atoms with Crippen molar-refractivity contribution in [3.8, 4) is 0 Å². The number of aryl methyl sites for hydroxylation is 1. The van der Waals surface area contributed by atoms with E-state index in [2.05, 4.69) is 17.1 Å². The van der Waals surface area contributed by atoms with Crippen molar-refractivity contribution < 1.29 is 4.92 Å². The molecular formula is C20H29N5O4. The zero-order valence-electron chi connectivity index (χ0n) is 17.3. The van der Waals surface area contributed by atoms with E-state index in [1.54, 1.807) is 19.2 Å². The smallest absolute Gasteiger partial charge is 0.332 e. The van der Waals surface area contributed by atoms with Crippen molar-refractivity contribution in [2.75, 3.05) is 31.5 Å². The van der Waals surface area contributed by atoms with Gasteiger partial charge in [0.25, 0.3) is 11.2 Å². The van der Waals surface area contributed by atoms with E-state index in [1.807, 2.05) is 0 Å². The third-order valence-corrected chi connectivity index (χ3v) is 4.89. The van der Waals surface area contributed by atoms with Crippen LogP contribution >= 0.6 is 0 Å². The number of nitro benzene ring substituents is 1. The highest BCUT2D eigenvalue weighted by atomic mass is 16.6. The molecule has 2 rings (SSSR count). The van der Waals surface area contributed by atoms with Crippen LogP contribution in [0.3, 0.4) is 0 Å². The molecule has 0 aliphatic heterocycles. The van der Waals surface area contributed by atoms with Crippen LogP contribution in [0.15, 0.2) is 39.9 Å². The first kappa shape index (κ1) is 22.4. The minimum Gasteiger partial charge on any atom is -0.370 e. The van der Waals surface area contributed by atoms with Crippen molar-refractivity contribution in [2.24, 2.45) is 14.1 Å². The summed E-state index contributed by atoms with van der Waals surface area (Å²) in [5, 5.41) is 13.9. The number of rotatable bonds is 11. The lowest BCUT2D eigenvalue weighted by molar-refractivity contribution is -0.384. The van der Waals surface area contributed by atoms with Gasteiger partial charge in [-0.2, -0.15) is 0 Å². The van der Waals surface area contributed by atoms with Gasteiger partial charge in [0.15, 0.2) is 0 Å². The number of nitro groups is 1. The molecule has 0 saturated carbocycles. The average Bonchev–Trinajstić information content (AvgIpc) is 2.70. The summed E-state index contributed by atoms with van der Waals surface area (Å²) in [7, 11) is 3.10. The maximum Gasteiger partial charge on any atom is 0.332 e. The van der Waals surface area contributed by atoms with Crippen LogP contribution in [-0.4, -0.2) is 45.1 Å². The van der Waals surface area contributed by atoms with Crippen LogP contribution in [0.1, 0.15) is 25.3 Å². The molecule has 0 radical (unpaired) electrons. The molecule has 0 fully saturated rings. The fourth-order valence-corrected chi connectivity index (χ4v) is 3.19.